The van der Waals surface area contributed by atoms with E-state index in [0.717, 1.165) is 38.0 Å². The second-order valence-corrected chi connectivity index (χ2v) is 9.41. The zero-order chi connectivity index (χ0) is 23.6. The lowest BCUT2D eigenvalue weighted by atomic mass is 9.97. The van der Waals surface area contributed by atoms with Crippen LogP contribution in [0.4, 0.5) is 0 Å². The van der Waals surface area contributed by atoms with Gasteiger partial charge in [-0.15, -0.1) is 0 Å². The van der Waals surface area contributed by atoms with Crippen molar-refractivity contribution >= 4 is 11.9 Å². The average molecular weight is 447 g/mol. The van der Waals surface area contributed by atoms with Crippen LogP contribution < -0.4 is 0 Å². The molecule has 1 aromatic rings. The van der Waals surface area contributed by atoms with E-state index in [-0.39, 0.29) is 11.9 Å². The minimum absolute atomic E-state index is 0.320. The first-order valence-electron chi connectivity index (χ1n) is 12.9. The molecule has 0 spiro atoms. The van der Waals surface area contributed by atoms with Gasteiger partial charge in [-0.1, -0.05) is 85.5 Å². The summed E-state index contributed by atoms with van der Waals surface area (Å²) in [4.78, 5) is 24.6. The Bertz CT molecular complexity index is 621. The average Bonchev–Trinajstić information content (AvgIpc) is 2.78. The molecule has 0 bridgehead atoms. The van der Waals surface area contributed by atoms with E-state index >= 15 is 0 Å². The number of carbonyl (C=O) groups excluding carboxylic acids is 2. The number of unbranched alkanes of at least 4 members (excludes halogenated alkanes) is 6. The molecule has 4 heteroatoms. The number of ether oxygens (including phenoxy) is 2. The molecule has 32 heavy (non-hydrogen) atoms. The molecule has 1 aromatic carbocycles. The van der Waals surface area contributed by atoms with Gasteiger partial charge in [0.05, 0.1) is 24.3 Å². The third kappa shape index (κ3) is 12.9. The summed E-state index contributed by atoms with van der Waals surface area (Å²) in [7, 11) is 0. The molecule has 1 rings (SSSR count). The SMILES string of the molecule is CCCCCC(CCC)COC(=O)c1ccc(C(=O)OCCCCCCCC(C)C)cc1. The first-order valence-corrected chi connectivity index (χ1v) is 12.9. The number of carbonyl (C=O) groups is 2. The highest BCUT2D eigenvalue weighted by Gasteiger charge is 2.14. The van der Waals surface area contributed by atoms with Gasteiger partial charge in [0.1, 0.15) is 0 Å². The van der Waals surface area contributed by atoms with E-state index < -0.39 is 0 Å². The summed E-state index contributed by atoms with van der Waals surface area (Å²) < 4.78 is 10.9. The van der Waals surface area contributed by atoms with Gasteiger partial charge in [-0.05, 0) is 55.4 Å². The Kier molecular flexibility index (Phi) is 15.6. The first-order chi connectivity index (χ1) is 15.5. The van der Waals surface area contributed by atoms with Crippen LogP contribution in [-0.2, 0) is 9.47 Å². The Hall–Kier alpha value is -1.84. The van der Waals surface area contributed by atoms with Crippen molar-refractivity contribution < 1.29 is 19.1 Å². The molecular formula is C28H46O4. The largest absolute Gasteiger partial charge is 0.462 e. The maximum atomic E-state index is 12.4. The van der Waals surface area contributed by atoms with E-state index in [2.05, 4.69) is 27.7 Å². The molecule has 0 radical (unpaired) electrons. The molecule has 0 aliphatic rings. The zero-order valence-corrected chi connectivity index (χ0v) is 21.0. The van der Waals surface area contributed by atoms with Crippen molar-refractivity contribution in [1.29, 1.82) is 0 Å². The summed E-state index contributed by atoms with van der Waals surface area (Å²) in [5.41, 5.74) is 0.952. The third-order valence-corrected chi connectivity index (χ3v) is 5.88. The number of esters is 2. The van der Waals surface area contributed by atoms with Gasteiger partial charge in [0.15, 0.2) is 0 Å². The molecule has 0 N–H and O–H groups in total. The topological polar surface area (TPSA) is 52.6 Å². The Morgan fingerprint density at radius 3 is 1.84 bits per heavy atom. The van der Waals surface area contributed by atoms with E-state index in [1.807, 2.05) is 0 Å². The predicted octanol–water partition coefficient (Wildman–Crippen LogP) is 7.99. The van der Waals surface area contributed by atoms with Crippen LogP contribution in [0.25, 0.3) is 0 Å². The maximum Gasteiger partial charge on any atom is 0.338 e. The van der Waals surface area contributed by atoms with Crippen LogP contribution in [0.3, 0.4) is 0 Å². The normalized spacial score (nSPS) is 12.0. The standard InChI is InChI=1S/C28H46O4/c1-5-7-11-16-24(14-6-2)22-32-28(30)26-19-17-25(18-20-26)27(29)31-21-13-10-8-9-12-15-23(3)4/h17-20,23-24H,5-16,21-22H2,1-4H3. The van der Waals surface area contributed by atoms with Crippen LogP contribution in [0.1, 0.15) is 125 Å². The molecule has 1 unspecified atom stereocenters. The molecule has 0 fully saturated rings. The van der Waals surface area contributed by atoms with Crippen LogP contribution in [-0.4, -0.2) is 25.2 Å². The summed E-state index contributed by atoms with van der Waals surface area (Å²) >= 11 is 0. The van der Waals surface area contributed by atoms with E-state index in [1.54, 1.807) is 24.3 Å². The number of benzene rings is 1. The van der Waals surface area contributed by atoms with Gasteiger partial charge in [-0.25, -0.2) is 9.59 Å². The lowest BCUT2D eigenvalue weighted by Gasteiger charge is -2.16. The van der Waals surface area contributed by atoms with Gasteiger partial charge < -0.3 is 9.47 Å². The lowest BCUT2D eigenvalue weighted by molar-refractivity contribution is 0.0421. The van der Waals surface area contributed by atoms with Crippen molar-refractivity contribution in [2.75, 3.05) is 13.2 Å². The fraction of sp³-hybridized carbons (Fsp3) is 0.714. The lowest BCUT2D eigenvalue weighted by Crippen LogP contribution is -2.15. The first kappa shape index (κ1) is 28.2. The molecule has 0 saturated heterocycles. The van der Waals surface area contributed by atoms with Gasteiger partial charge in [0, 0.05) is 0 Å². The maximum absolute atomic E-state index is 12.4. The Morgan fingerprint density at radius 1 is 0.688 bits per heavy atom. The Morgan fingerprint density at radius 2 is 1.25 bits per heavy atom. The van der Waals surface area contributed by atoms with E-state index in [1.165, 1.54) is 44.9 Å². The van der Waals surface area contributed by atoms with E-state index in [0.29, 0.717) is 30.3 Å². The smallest absolute Gasteiger partial charge is 0.338 e. The Balaban J connectivity index is 2.31. The van der Waals surface area contributed by atoms with Crippen LogP contribution >= 0.6 is 0 Å². The molecule has 0 aliphatic heterocycles. The summed E-state index contributed by atoms with van der Waals surface area (Å²) in [5.74, 6) is 0.556. The van der Waals surface area contributed by atoms with Crippen LogP contribution in [0.15, 0.2) is 24.3 Å². The quantitative estimate of drug-likeness (QED) is 0.169. The Labute approximate surface area is 196 Å². The third-order valence-electron chi connectivity index (χ3n) is 5.88. The van der Waals surface area contributed by atoms with Gasteiger partial charge in [-0.2, -0.15) is 0 Å². The van der Waals surface area contributed by atoms with Crippen molar-refractivity contribution in [3.63, 3.8) is 0 Å². The van der Waals surface area contributed by atoms with Crippen molar-refractivity contribution in [3.8, 4) is 0 Å². The predicted molar refractivity (Wildman–Crippen MR) is 132 cm³/mol. The van der Waals surface area contributed by atoms with Gasteiger partial charge >= 0.3 is 11.9 Å². The second-order valence-electron chi connectivity index (χ2n) is 9.41. The van der Waals surface area contributed by atoms with E-state index in [9.17, 15) is 9.59 Å². The fourth-order valence-electron chi connectivity index (χ4n) is 3.85. The van der Waals surface area contributed by atoms with Gasteiger partial charge in [0.25, 0.3) is 0 Å². The molecule has 4 nitrogen and oxygen atoms in total. The van der Waals surface area contributed by atoms with Crippen molar-refractivity contribution in [2.24, 2.45) is 11.8 Å². The van der Waals surface area contributed by atoms with Gasteiger partial charge in [0.2, 0.25) is 0 Å². The van der Waals surface area contributed by atoms with Crippen LogP contribution in [0.5, 0.6) is 0 Å². The van der Waals surface area contributed by atoms with E-state index in [4.69, 9.17) is 9.47 Å². The molecule has 0 amide bonds. The number of hydrogen-bond acceptors (Lipinski definition) is 4. The summed E-state index contributed by atoms with van der Waals surface area (Å²) in [6.45, 7) is 9.80. The molecular weight excluding hydrogens is 400 g/mol. The minimum Gasteiger partial charge on any atom is -0.462 e. The molecule has 0 saturated carbocycles. The highest BCUT2D eigenvalue weighted by atomic mass is 16.5. The molecule has 1 atom stereocenters. The van der Waals surface area contributed by atoms with Gasteiger partial charge in [-0.3, -0.25) is 0 Å². The van der Waals surface area contributed by atoms with Crippen molar-refractivity contribution in [3.05, 3.63) is 35.4 Å². The van der Waals surface area contributed by atoms with Crippen LogP contribution in [0, 0.1) is 11.8 Å². The van der Waals surface area contributed by atoms with Crippen molar-refractivity contribution in [1.82, 2.24) is 0 Å². The van der Waals surface area contributed by atoms with Crippen LogP contribution in [0.2, 0.25) is 0 Å². The molecule has 0 aromatic heterocycles. The fourth-order valence-corrected chi connectivity index (χ4v) is 3.85. The van der Waals surface area contributed by atoms with Crippen molar-refractivity contribution in [2.45, 2.75) is 105 Å². The summed E-state index contributed by atoms with van der Waals surface area (Å²) in [5, 5.41) is 0. The highest BCUT2D eigenvalue weighted by Crippen LogP contribution is 2.17. The molecule has 0 aliphatic carbocycles. The zero-order valence-electron chi connectivity index (χ0n) is 21.0. The number of hydrogen-bond donors (Lipinski definition) is 0. The monoisotopic (exact) mass is 446 g/mol. The highest BCUT2D eigenvalue weighted by molar-refractivity contribution is 5.93. The second kappa shape index (κ2) is 17.7. The molecule has 0 heterocycles. The summed E-state index contributed by atoms with van der Waals surface area (Å²) in [6, 6.07) is 6.60. The summed E-state index contributed by atoms with van der Waals surface area (Å²) in [6.07, 6.45) is 13.9. The number of rotatable bonds is 18. The minimum atomic E-state index is -0.330. The molecule has 182 valence electrons.